The highest BCUT2D eigenvalue weighted by atomic mass is 32.2. The van der Waals surface area contributed by atoms with Gasteiger partial charge in [-0.05, 0) is 18.6 Å². The highest BCUT2D eigenvalue weighted by Crippen LogP contribution is 2.30. The van der Waals surface area contributed by atoms with Crippen LogP contribution in [0.1, 0.15) is 12.7 Å². The number of carbonyl (C=O) groups is 2. The fourth-order valence-corrected chi connectivity index (χ4v) is 4.47. The number of ether oxygens (including phenoxy) is 1. The minimum atomic E-state index is -0.491. The molecular weight excluding hydrogens is 438 g/mol. The molecule has 1 aliphatic rings. The van der Waals surface area contributed by atoms with Crippen molar-refractivity contribution in [3.63, 3.8) is 0 Å². The largest absolute Gasteiger partial charge is 0.485 e. The van der Waals surface area contributed by atoms with Crippen LogP contribution in [-0.2, 0) is 17.9 Å². The van der Waals surface area contributed by atoms with E-state index < -0.39 is 5.25 Å². The quantitative estimate of drug-likeness (QED) is 0.384. The summed E-state index contributed by atoms with van der Waals surface area (Å²) in [4.78, 5) is 25.7. The molecule has 1 saturated heterocycles. The van der Waals surface area contributed by atoms with Crippen molar-refractivity contribution in [2.75, 3.05) is 13.1 Å². The van der Waals surface area contributed by atoms with Crippen LogP contribution < -0.4 is 10.1 Å². The van der Waals surface area contributed by atoms with Crippen LogP contribution in [0.2, 0.25) is 0 Å². The predicted molar refractivity (Wildman–Crippen MR) is 127 cm³/mol. The highest BCUT2D eigenvalue weighted by molar-refractivity contribution is 8.00. The molecule has 4 rings (SSSR count). The Bertz CT molecular complexity index is 1150. The lowest BCUT2D eigenvalue weighted by Crippen LogP contribution is -2.39. The van der Waals surface area contributed by atoms with E-state index in [9.17, 15) is 9.59 Å². The molecule has 1 fully saturated rings. The first-order valence-corrected chi connectivity index (χ1v) is 11.5. The molecule has 9 heteroatoms. The summed E-state index contributed by atoms with van der Waals surface area (Å²) in [6.45, 7) is 7.12. The molecule has 0 spiro atoms. The second kappa shape index (κ2) is 10.4. The summed E-state index contributed by atoms with van der Waals surface area (Å²) in [5, 5.41) is 11.3. The van der Waals surface area contributed by atoms with Crippen molar-refractivity contribution in [1.82, 2.24) is 25.0 Å². The molecule has 170 valence electrons. The summed E-state index contributed by atoms with van der Waals surface area (Å²) >= 11 is 1.26. The van der Waals surface area contributed by atoms with Gasteiger partial charge in [-0.1, -0.05) is 66.4 Å². The van der Waals surface area contributed by atoms with Gasteiger partial charge in [0.25, 0.3) is 0 Å². The molecule has 3 amide bonds. The zero-order chi connectivity index (χ0) is 23.2. The number of hydrogen-bond acceptors (Lipinski definition) is 6. The zero-order valence-electron chi connectivity index (χ0n) is 18.3. The van der Waals surface area contributed by atoms with Crippen molar-refractivity contribution in [2.45, 2.75) is 30.5 Å². The van der Waals surface area contributed by atoms with E-state index in [4.69, 9.17) is 4.74 Å². The summed E-state index contributed by atoms with van der Waals surface area (Å²) in [5.74, 6) is 1.12. The van der Waals surface area contributed by atoms with Crippen LogP contribution in [0.25, 0.3) is 11.1 Å². The second-order valence-electron chi connectivity index (χ2n) is 7.43. The molecule has 1 unspecified atom stereocenters. The first kappa shape index (κ1) is 22.6. The van der Waals surface area contributed by atoms with Crippen molar-refractivity contribution < 1.29 is 14.3 Å². The van der Waals surface area contributed by atoms with Crippen LogP contribution in [-0.4, -0.2) is 49.9 Å². The number of nitrogens with one attached hydrogen (secondary N) is 1. The van der Waals surface area contributed by atoms with Crippen LogP contribution in [0.15, 0.2) is 72.4 Å². The summed E-state index contributed by atoms with van der Waals surface area (Å²) in [6.07, 6.45) is 1.75. The zero-order valence-corrected chi connectivity index (χ0v) is 19.1. The molecular formula is C24H25N5O3S. The lowest BCUT2D eigenvalue weighted by molar-refractivity contribution is -0.126. The van der Waals surface area contributed by atoms with Crippen molar-refractivity contribution in [2.24, 2.45) is 0 Å². The maximum Gasteiger partial charge on any atom is 0.324 e. The van der Waals surface area contributed by atoms with E-state index in [-0.39, 0.29) is 18.5 Å². The summed E-state index contributed by atoms with van der Waals surface area (Å²) < 4.78 is 8.00. The third-order valence-electron chi connectivity index (χ3n) is 5.19. The maximum absolute atomic E-state index is 12.7. The van der Waals surface area contributed by atoms with Gasteiger partial charge in [0.05, 0.1) is 5.25 Å². The van der Waals surface area contributed by atoms with Crippen LogP contribution >= 0.6 is 11.8 Å². The summed E-state index contributed by atoms with van der Waals surface area (Å²) in [5.41, 5.74) is 2.06. The SMILES string of the molecule is C=CCn1c(COc2ccccc2-c2ccccc2)nnc1SC(C)C(=O)N1CCNC1=O. The highest BCUT2D eigenvalue weighted by Gasteiger charge is 2.31. The average Bonchev–Trinajstić information content (AvgIpc) is 3.44. The Morgan fingerprint density at radius 3 is 2.70 bits per heavy atom. The third kappa shape index (κ3) is 5.09. The van der Waals surface area contributed by atoms with Gasteiger partial charge in [-0.25, -0.2) is 4.79 Å². The molecule has 1 aliphatic heterocycles. The van der Waals surface area contributed by atoms with E-state index in [2.05, 4.69) is 22.1 Å². The molecule has 1 atom stereocenters. The molecule has 3 aromatic rings. The number of thioether (sulfide) groups is 1. The van der Waals surface area contributed by atoms with Gasteiger partial charge in [-0.3, -0.25) is 14.3 Å². The number of carbonyl (C=O) groups excluding carboxylic acids is 2. The van der Waals surface area contributed by atoms with Gasteiger partial charge < -0.3 is 10.1 Å². The van der Waals surface area contributed by atoms with E-state index in [1.807, 2.05) is 59.2 Å². The number of hydrogen-bond donors (Lipinski definition) is 1. The van der Waals surface area contributed by atoms with Gasteiger partial charge in [0.1, 0.15) is 12.4 Å². The Hall–Kier alpha value is -3.59. The van der Waals surface area contributed by atoms with Crippen molar-refractivity contribution in [3.05, 3.63) is 73.1 Å². The number of imide groups is 1. The second-order valence-corrected chi connectivity index (χ2v) is 8.74. The molecule has 1 aromatic heterocycles. The number of benzene rings is 2. The van der Waals surface area contributed by atoms with Gasteiger partial charge in [0.15, 0.2) is 11.0 Å². The van der Waals surface area contributed by atoms with Gasteiger partial charge in [0, 0.05) is 25.2 Å². The van der Waals surface area contributed by atoms with Crippen LogP contribution in [0.4, 0.5) is 4.79 Å². The molecule has 0 saturated carbocycles. The number of nitrogens with zero attached hydrogens (tertiary/aromatic N) is 4. The number of amides is 3. The Labute approximate surface area is 196 Å². The van der Waals surface area contributed by atoms with Gasteiger partial charge in [-0.15, -0.1) is 16.8 Å². The van der Waals surface area contributed by atoms with Gasteiger partial charge >= 0.3 is 6.03 Å². The van der Waals surface area contributed by atoms with Crippen molar-refractivity contribution in [1.29, 1.82) is 0 Å². The Kier molecular flexibility index (Phi) is 7.09. The molecule has 33 heavy (non-hydrogen) atoms. The monoisotopic (exact) mass is 463 g/mol. The van der Waals surface area contributed by atoms with Gasteiger partial charge in [0.2, 0.25) is 5.91 Å². The number of rotatable bonds is 9. The molecule has 0 bridgehead atoms. The molecule has 1 N–H and O–H groups in total. The molecule has 2 aromatic carbocycles. The smallest absolute Gasteiger partial charge is 0.324 e. The Balaban J connectivity index is 1.49. The van der Waals surface area contributed by atoms with Crippen LogP contribution in [0, 0.1) is 0 Å². The van der Waals surface area contributed by atoms with E-state index >= 15 is 0 Å². The first-order chi connectivity index (χ1) is 16.1. The lowest BCUT2D eigenvalue weighted by Gasteiger charge is -2.17. The van der Waals surface area contributed by atoms with E-state index in [1.54, 1.807) is 13.0 Å². The number of aromatic nitrogens is 3. The minimum absolute atomic E-state index is 0.210. The Morgan fingerprint density at radius 1 is 1.21 bits per heavy atom. The average molecular weight is 464 g/mol. The van der Waals surface area contributed by atoms with E-state index in [0.29, 0.717) is 30.6 Å². The Morgan fingerprint density at radius 2 is 1.97 bits per heavy atom. The fraction of sp³-hybridized carbons (Fsp3) is 0.250. The normalized spacial score (nSPS) is 14.1. The molecule has 2 heterocycles. The number of urea groups is 1. The van der Waals surface area contributed by atoms with Gasteiger partial charge in [-0.2, -0.15) is 0 Å². The van der Waals surface area contributed by atoms with Crippen molar-refractivity contribution >= 4 is 23.7 Å². The molecule has 0 aliphatic carbocycles. The fourth-order valence-electron chi connectivity index (χ4n) is 3.53. The molecule has 0 radical (unpaired) electrons. The number of para-hydroxylation sites is 1. The topological polar surface area (TPSA) is 89.3 Å². The van der Waals surface area contributed by atoms with E-state index in [0.717, 1.165) is 16.9 Å². The summed E-state index contributed by atoms with van der Waals surface area (Å²) in [6, 6.07) is 17.5. The maximum atomic E-state index is 12.7. The first-order valence-electron chi connectivity index (χ1n) is 10.6. The van der Waals surface area contributed by atoms with E-state index in [1.165, 1.54) is 16.7 Å². The van der Waals surface area contributed by atoms with Crippen LogP contribution in [0.3, 0.4) is 0 Å². The summed E-state index contributed by atoms with van der Waals surface area (Å²) in [7, 11) is 0. The van der Waals surface area contributed by atoms with Crippen molar-refractivity contribution in [3.8, 4) is 16.9 Å². The molecule has 8 nitrogen and oxygen atoms in total. The standard InChI is InChI=1S/C24H25N5O3S/c1-3-14-28-21(16-32-20-12-8-7-11-19(20)18-9-5-4-6-10-18)26-27-24(28)33-17(2)22(30)29-15-13-25-23(29)31/h3-12,17H,1,13-16H2,2H3,(H,25,31). The third-order valence-corrected chi connectivity index (χ3v) is 6.25. The number of allylic oxidation sites excluding steroid dienone is 1. The predicted octanol–water partition coefficient (Wildman–Crippen LogP) is 3.74. The van der Waals surface area contributed by atoms with Crippen LogP contribution in [0.5, 0.6) is 5.75 Å². The lowest BCUT2D eigenvalue weighted by atomic mass is 10.1. The minimum Gasteiger partial charge on any atom is -0.485 e.